The zero-order valence-corrected chi connectivity index (χ0v) is 14.8. The van der Waals surface area contributed by atoms with Gasteiger partial charge in [-0.2, -0.15) is 0 Å². The summed E-state index contributed by atoms with van der Waals surface area (Å²) in [5.74, 6) is -1.29. The Balaban J connectivity index is 2.35. The number of benzene rings is 2. The fraction of sp³-hybridized carbons (Fsp3) is 0.200. The molecule has 0 amide bonds. The summed E-state index contributed by atoms with van der Waals surface area (Å²) in [6, 6.07) is 13.9. The standard InChI is InChI=1S/C20H21NO4/c1-13-8-14(2)10-16(9-13)15-6-5-7-17(11-15)21-18(20(23)25-4)12-19(22)24-3/h5-12,21H,1-4H3/b18-12+. The summed E-state index contributed by atoms with van der Waals surface area (Å²) in [6.07, 6.45) is 1.06. The third-order valence-corrected chi connectivity index (χ3v) is 3.57. The fourth-order valence-electron chi connectivity index (χ4n) is 2.51. The zero-order chi connectivity index (χ0) is 18.4. The highest BCUT2D eigenvalue weighted by atomic mass is 16.5. The van der Waals surface area contributed by atoms with Crippen LogP contribution in [-0.4, -0.2) is 26.2 Å². The molecule has 0 fully saturated rings. The Morgan fingerprint density at radius 2 is 1.60 bits per heavy atom. The monoisotopic (exact) mass is 339 g/mol. The minimum Gasteiger partial charge on any atom is -0.466 e. The van der Waals surface area contributed by atoms with E-state index in [9.17, 15) is 9.59 Å². The second kappa shape index (κ2) is 8.15. The number of hydrogen-bond acceptors (Lipinski definition) is 5. The van der Waals surface area contributed by atoms with Gasteiger partial charge in [-0.05, 0) is 37.1 Å². The number of hydrogen-bond donors (Lipinski definition) is 1. The number of ether oxygens (including phenoxy) is 2. The Morgan fingerprint density at radius 1 is 0.920 bits per heavy atom. The second-order valence-corrected chi connectivity index (χ2v) is 5.65. The topological polar surface area (TPSA) is 64.6 Å². The largest absolute Gasteiger partial charge is 0.466 e. The molecule has 0 saturated heterocycles. The van der Waals surface area contributed by atoms with E-state index in [-0.39, 0.29) is 5.70 Å². The lowest BCUT2D eigenvalue weighted by atomic mass is 10.0. The van der Waals surface area contributed by atoms with Crippen molar-refractivity contribution < 1.29 is 19.1 Å². The van der Waals surface area contributed by atoms with Crippen molar-refractivity contribution in [3.8, 4) is 11.1 Å². The zero-order valence-electron chi connectivity index (χ0n) is 14.8. The molecule has 0 saturated carbocycles. The molecule has 5 heteroatoms. The van der Waals surface area contributed by atoms with Crippen LogP contribution in [-0.2, 0) is 19.1 Å². The molecule has 0 unspecified atom stereocenters. The van der Waals surface area contributed by atoms with Crippen LogP contribution in [0.2, 0.25) is 0 Å². The SMILES string of the molecule is COC(=O)/C=C(/Nc1cccc(-c2cc(C)cc(C)c2)c1)C(=O)OC. The van der Waals surface area contributed by atoms with E-state index in [2.05, 4.69) is 28.3 Å². The third-order valence-electron chi connectivity index (χ3n) is 3.57. The number of anilines is 1. The van der Waals surface area contributed by atoms with Crippen LogP contribution in [0.25, 0.3) is 11.1 Å². The van der Waals surface area contributed by atoms with Gasteiger partial charge in [0.1, 0.15) is 5.70 Å². The van der Waals surface area contributed by atoms with Gasteiger partial charge in [-0.25, -0.2) is 9.59 Å². The predicted octanol–water partition coefficient (Wildman–Crippen LogP) is 3.61. The van der Waals surface area contributed by atoms with Crippen molar-refractivity contribution in [3.05, 3.63) is 65.4 Å². The minimum atomic E-state index is -0.651. The molecular weight excluding hydrogens is 318 g/mol. The molecule has 0 heterocycles. The molecule has 0 aliphatic rings. The van der Waals surface area contributed by atoms with E-state index in [4.69, 9.17) is 4.74 Å². The Morgan fingerprint density at radius 3 is 2.20 bits per heavy atom. The normalized spacial score (nSPS) is 11.0. The molecule has 0 atom stereocenters. The molecule has 0 aliphatic heterocycles. The summed E-state index contributed by atoms with van der Waals surface area (Å²) in [5.41, 5.74) is 5.10. The van der Waals surface area contributed by atoms with Gasteiger partial charge in [-0.1, -0.05) is 41.5 Å². The number of methoxy groups -OCH3 is 2. The van der Waals surface area contributed by atoms with Gasteiger partial charge in [0.05, 0.1) is 20.3 Å². The molecule has 25 heavy (non-hydrogen) atoms. The van der Waals surface area contributed by atoms with Crippen molar-refractivity contribution in [3.63, 3.8) is 0 Å². The number of esters is 2. The maximum absolute atomic E-state index is 11.9. The lowest BCUT2D eigenvalue weighted by Crippen LogP contribution is -2.15. The van der Waals surface area contributed by atoms with Crippen LogP contribution < -0.4 is 5.32 Å². The van der Waals surface area contributed by atoms with Gasteiger partial charge in [0.2, 0.25) is 0 Å². The second-order valence-electron chi connectivity index (χ2n) is 5.65. The van der Waals surface area contributed by atoms with E-state index >= 15 is 0 Å². The molecule has 0 aliphatic carbocycles. The number of nitrogens with one attached hydrogen (secondary N) is 1. The molecule has 2 aromatic carbocycles. The summed E-state index contributed by atoms with van der Waals surface area (Å²) in [7, 11) is 2.50. The van der Waals surface area contributed by atoms with Crippen LogP contribution in [0.3, 0.4) is 0 Å². The summed E-state index contributed by atoms with van der Waals surface area (Å²) in [6.45, 7) is 4.10. The van der Waals surface area contributed by atoms with Crippen LogP contribution in [0.15, 0.2) is 54.2 Å². The lowest BCUT2D eigenvalue weighted by molar-refractivity contribution is -0.138. The smallest absolute Gasteiger partial charge is 0.354 e. The average molecular weight is 339 g/mol. The average Bonchev–Trinajstić information content (AvgIpc) is 2.59. The number of carbonyl (C=O) groups is 2. The van der Waals surface area contributed by atoms with Crippen LogP contribution in [0, 0.1) is 13.8 Å². The molecule has 0 spiro atoms. The van der Waals surface area contributed by atoms with Crippen LogP contribution in [0.4, 0.5) is 5.69 Å². The van der Waals surface area contributed by atoms with Crippen LogP contribution >= 0.6 is 0 Å². The highest BCUT2D eigenvalue weighted by Crippen LogP contribution is 2.25. The third kappa shape index (κ3) is 4.94. The minimum absolute atomic E-state index is 0.00641. The molecule has 0 radical (unpaired) electrons. The predicted molar refractivity (Wildman–Crippen MR) is 97.1 cm³/mol. The summed E-state index contributed by atoms with van der Waals surface area (Å²) < 4.78 is 9.27. The van der Waals surface area contributed by atoms with Gasteiger partial charge in [0.15, 0.2) is 0 Å². The van der Waals surface area contributed by atoms with E-state index < -0.39 is 11.9 Å². The van der Waals surface area contributed by atoms with Gasteiger partial charge < -0.3 is 14.8 Å². The van der Waals surface area contributed by atoms with Crippen LogP contribution in [0.1, 0.15) is 11.1 Å². The first kappa shape index (κ1) is 18.3. The van der Waals surface area contributed by atoms with Gasteiger partial charge in [0.25, 0.3) is 0 Å². The van der Waals surface area contributed by atoms with Gasteiger partial charge in [0, 0.05) is 5.69 Å². The highest BCUT2D eigenvalue weighted by Gasteiger charge is 2.13. The first-order valence-electron chi connectivity index (χ1n) is 7.76. The highest BCUT2D eigenvalue weighted by molar-refractivity contribution is 5.98. The molecule has 1 N–H and O–H groups in total. The number of carbonyl (C=O) groups excluding carboxylic acids is 2. The molecule has 2 rings (SSSR count). The van der Waals surface area contributed by atoms with E-state index in [1.54, 1.807) is 6.07 Å². The number of rotatable bonds is 5. The van der Waals surface area contributed by atoms with Crippen molar-refractivity contribution in [2.75, 3.05) is 19.5 Å². The van der Waals surface area contributed by atoms with E-state index in [1.807, 2.05) is 32.0 Å². The Bertz CT molecular complexity index is 804. The van der Waals surface area contributed by atoms with Crippen molar-refractivity contribution >= 4 is 17.6 Å². The van der Waals surface area contributed by atoms with Crippen molar-refractivity contribution in [1.82, 2.24) is 0 Å². The van der Waals surface area contributed by atoms with Crippen molar-refractivity contribution in [2.45, 2.75) is 13.8 Å². The van der Waals surface area contributed by atoms with Gasteiger partial charge in [-0.15, -0.1) is 0 Å². The lowest BCUT2D eigenvalue weighted by Gasteiger charge is -2.11. The Hall–Kier alpha value is -3.08. The van der Waals surface area contributed by atoms with Crippen molar-refractivity contribution in [1.29, 1.82) is 0 Å². The quantitative estimate of drug-likeness (QED) is 0.666. The van der Waals surface area contributed by atoms with E-state index in [0.717, 1.165) is 17.2 Å². The molecule has 2 aromatic rings. The van der Waals surface area contributed by atoms with E-state index in [0.29, 0.717) is 5.69 Å². The van der Waals surface area contributed by atoms with Gasteiger partial charge in [-0.3, -0.25) is 0 Å². The van der Waals surface area contributed by atoms with E-state index in [1.165, 1.54) is 25.3 Å². The number of aryl methyl sites for hydroxylation is 2. The molecule has 5 nitrogen and oxygen atoms in total. The summed E-state index contributed by atoms with van der Waals surface area (Å²) >= 11 is 0. The Labute approximate surface area is 147 Å². The Kier molecular flexibility index (Phi) is 5.95. The molecule has 0 bridgehead atoms. The maximum atomic E-state index is 11.9. The summed E-state index contributed by atoms with van der Waals surface area (Å²) in [4.78, 5) is 23.3. The summed E-state index contributed by atoms with van der Waals surface area (Å²) in [5, 5.41) is 2.92. The molecule has 130 valence electrons. The maximum Gasteiger partial charge on any atom is 0.354 e. The van der Waals surface area contributed by atoms with Crippen LogP contribution in [0.5, 0.6) is 0 Å². The fourth-order valence-corrected chi connectivity index (χ4v) is 2.51. The van der Waals surface area contributed by atoms with Gasteiger partial charge >= 0.3 is 11.9 Å². The molecular formula is C20H21NO4. The first-order valence-corrected chi connectivity index (χ1v) is 7.76. The van der Waals surface area contributed by atoms with Crippen molar-refractivity contribution in [2.24, 2.45) is 0 Å². The first-order chi connectivity index (χ1) is 11.9. The molecule has 0 aromatic heterocycles.